The topological polar surface area (TPSA) is 116 Å². The van der Waals surface area contributed by atoms with E-state index in [-0.39, 0.29) is 18.9 Å². The number of amides is 1. The van der Waals surface area contributed by atoms with Crippen LogP contribution in [0.15, 0.2) is 59.5 Å². The Morgan fingerprint density at radius 2 is 1.89 bits per heavy atom. The Morgan fingerprint density at radius 3 is 2.54 bits per heavy atom. The van der Waals surface area contributed by atoms with Crippen LogP contribution in [0.1, 0.15) is 21.6 Å². The molecular weight excluding hydrogens is 362 g/mol. The van der Waals surface area contributed by atoms with Crippen LogP contribution in [0, 0.1) is 6.92 Å². The Kier molecular flexibility index (Phi) is 5.59. The minimum absolute atomic E-state index is 0.0464. The number of aryl methyl sites for hydroxylation is 1. The van der Waals surface area contributed by atoms with Gasteiger partial charge in [0.15, 0.2) is 6.61 Å². The molecule has 0 fully saturated rings. The number of primary amides is 1. The third kappa shape index (κ3) is 4.47. The molecule has 8 nitrogen and oxygen atoms in total. The second-order valence-electron chi connectivity index (χ2n) is 6.10. The summed E-state index contributed by atoms with van der Waals surface area (Å²) >= 11 is 0. The van der Waals surface area contributed by atoms with Crippen LogP contribution in [-0.2, 0) is 16.1 Å². The number of aromatic nitrogens is 2. The van der Waals surface area contributed by atoms with E-state index < -0.39 is 11.9 Å². The second-order valence-corrected chi connectivity index (χ2v) is 6.10. The molecule has 0 atom stereocenters. The third-order valence-electron chi connectivity index (χ3n) is 3.97. The number of carbonyl (C=O) groups excluding carboxylic acids is 2. The average molecular weight is 381 g/mol. The van der Waals surface area contributed by atoms with E-state index in [0.29, 0.717) is 22.6 Å². The monoisotopic (exact) mass is 381 g/mol. The van der Waals surface area contributed by atoms with Gasteiger partial charge in [-0.15, -0.1) is 0 Å². The van der Waals surface area contributed by atoms with Crippen LogP contribution in [0.4, 0.5) is 0 Å². The van der Waals surface area contributed by atoms with Crippen molar-refractivity contribution >= 4 is 11.9 Å². The Balaban J connectivity index is 1.63. The van der Waals surface area contributed by atoms with E-state index in [1.165, 1.54) is 4.57 Å². The predicted molar refractivity (Wildman–Crippen MR) is 101 cm³/mol. The molecule has 1 aromatic heterocycles. The molecule has 28 heavy (non-hydrogen) atoms. The van der Waals surface area contributed by atoms with Crippen molar-refractivity contribution in [3.05, 3.63) is 82.0 Å². The number of benzene rings is 2. The molecule has 0 aliphatic heterocycles. The van der Waals surface area contributed by atoms with Crippen LogP contribution >= 0.6 is 0 Å². The first-order chi connectivity index (χ1) is 13.4. The summed E-state index contributed by atoms with van der Waals surface area (Å²) < 4.78 is 12.0. The van der Waals surface area contributed by atoms with Gasteiger partial charge in [0.2, 0.25) is 0 Å². The van der Waals surface area contributed by atoms with Gasteiger partial charge < -0.3 is 20.2 Å². The Morgan fingerprint density at radius 1 is 1.14 bits per heavy atom. The fourth-order valence-electron chi connectivity index (χ4n) is 2.63. The van der Waals surface area contributed by atoms with Gasteiger partial charge in [-0.25, -0.2) is 9.59 Å². The maximum atomic E-state index is 12.3. The van der Waals surface area contributed by atoms with Gasteiger partial charge in [-0.3, -0.25) is 9.36 Å². The zero-order valence-corrected chi connectivity index (χ0v) is 15.2. The van der Waals surface area contributed by atoms with Crippen molar-refractivity contribution in [2.45, 2.75) is 13.5 Å². The molecule has 2 aromatic carbocycles. The number of hydrogen-bond donors (Lipinski definition) is 2. The second kappa shape index (κ2) is 8.26. The highest BCUT2D eigenvalue weighted by molar-refractivity contribution is 5.89. The predicted octanol–water partition coefficient (Wildman–Crippen LogP) is 1.70. The van der Waals surface area contributed by atoms with Crippen molar-refractivity contribution in [1.29, 1.82) is 0 Å². The fraction of sp³-hybridized carbons (Fsp3) is 0.150. The molecule has 144 valence electrons. The summed E-state index contributed by atoms with van der Waals surface area (Å²) in [5.41, 5.74) is 7.29. The molecule has 0 aliphatic rings. The van der Waals surface area contributed by atoms with Crippen molar-refractivity contribution in [2.75, 3.05) is 6.61 Å². The average Bonchev–Trinajstić information content (AvgIpc) is 3.03. The van der Waals surface area contributed by atoms with Crippen molar-refractivity contribution in [3.8, 4) is 11.4 Å². The molecule has 0 saturated heterocycles. The van der Waals surface area contributed by atoms with E-state index in [9.17, 15) is 14.4 Å². The van der Waals surface area contributed by atoms with Gasteiger partial charge in [0.25, 0.3) is 5.91 Å². The van der Waals surface area contributed by atoms with E-state index >= 15 is 0 Å². The number of nitrogens with two attached hydrogens (primary N) is 1. The number of hydrogen-bond acceptors (Lipinski definition) is 5. The van der Waals surface area contributed by atoms with Crippen molar-refractivity contribution in [2.24, 2.45) is 5.73 Å². The summed E-state index contributed by atoms with van der Waals surface area (Å²) in [6.07, 6.45) is 1.62. The maximum absolute atomic E-state index is 12.3. The number of rotatable bonds is 7. The Labute approximate surface area is 160 Å². The highest BCUT2D eigenvalue weighted by Gasteiger charge is 2.10. The smallest absolute Gasteiger partial charge is 0.338 e. The number of aromatic amines is 1. The molecule has 0 saturated carbocycles. The lowest BCUT2D eigenvalue weighted by Gasteiger charge is -2.09. The molecule has 1 heterocycles. The van der Waals surface area contributed by atoms with Gasteiger partial charge in [-0.2, -0.15) is 0 Å². The quantitative estimate of drug-likeness (QED) is 0.604. The van der Waals surface area contributed by atoms with Crippen LogP contribution in [0.25, 0.3) is 5.69 Å². The minimum Gasteiger partial charge on any atom is -0.484 e. The fourth-order valence-corrected chi connectivity index (χ4v) is 2.63. The molecule has 3 N–H and O–H groups in total. The number of H-pyrrole nitrogens is 1. The zero-order chi connectivity index (χ0) is 20.1. The highest BCUT2D eigenvalue weighted by atomic mass is 16.5. The van der Waals surface area contributed by atoms with Gasteiger partial charge in [0.05, 0.1) is 11.3 Å². The summed E-state index contributed by atoms with van der Waals surface area (Å²) in [6, 6.07) is 13.4. The van der Waals surface area contributed by atoms with Crippen molar-refractivity contribution in [1.82, 2.24) is 9.55 Å². The minimum atomic E-state index is -0.572. The standard InChI is InChI=1S/C20H19N3O5/c1-13-10-22-20(26)23(13)16-7-5-15(6-8-16)19(25)28-11-14-3-2-4-17(9-14)27-12-18(21)24/h2-10H,11-12H2,1H3,(H2,21,24)(H,22,26). The van der Waals surface area contributed by atoms with E-state index in [1.807, 2.05) is 0 Å². The molecule has 1 amide bonds. The summed E-state index contributed by atoms with van der Waals surface area (Å²) in [5.74, 6) is -0.602. The molecule has 0 spiro atoms. The number of esters is 1. The number of nitrogens with zero attached hydrogens (tertiary/aromatic N) is 1. The Hall–Kier alpha value is -3.81. The largest absolute Gasteiger partial charge is 0.484 e. The number of carbonyl (C=O) groups is 2. The number of imidazole rings is 1. The summed E-state index contributed by atoms with van der Waals surface area (Å²) in [5, 5.41) is 0. The van der Waals surface area contributed by atoms with Crippen LogP contribution in [0.2, 0.25) is 0 Å². The van der Waals surface area contributed by atoms with Crippen LogP contribution in [-0.4, -0.2) is 28.0 Å². The molecule has 3 rings (SSSR count). The highest BCUT2D eigenvalue weighted by Crippen LogP contribution is 2.15. The van der Waals surface area contributed by atoms with Crippen molar-refractivity contribution in [3.63, 3.8) is 0 Å². The molecule has 3 aromatic rings. The summed E-state index contributed by atoms with van der Waals surface area (Å²) in [6.45, 7) is 1.63. The number of ether oxygens (including phenoxy) is 2. The summed E-state index contributed by atoms with van der Waals surface area (Å²) in [7, 11) is 0. The van der Waals surface area contributed by atoms with Crippen LogP contribution in [0.3, 0.4) is 0 Å². The van der Waals surface area contributed by atoms with E-state index in [2.05, 4.69) is 4.98 Å². The molecule has 0 radical (unpaired) electrons. The molecule has 0 unspecified atom stereocenters. The number of nitrogens with one attached hydrogen (secondary N) is 1. The van der Waals surface area contributed by atoms with E-state index in [4.69, 9.17) is 15.2 Å². The molecule has 8 heteroatoms. The van der Waals surface area contributed by atoms with Crippen LogP contribution < -0.4 is 16.2 Å². The first kappa shape index (κ1) is 19.0. The normalized spacial score (nSPS) is 10.5. The van der Waals surface area contributed by atoms with Gasteiger partial charge in [0, 0.05) is 11.9 Å². The van der Waals surface area contributed by atoms with Crippen LogP contribution in [0.5, 0.6) is 5.75 Å². The van der Waals surface area contributed by atoms with E-state index in [1.54, 1.807) is 61.7 Å². The van der Waals surface area contributed by atoms with E-state index in [0.717, 1.165) is 5.69 Å². The molecule has 0 bridgehead atoms. The first-order valence-electron chi connectivity index (χ1n) is 8.48. The lowest BCUT2D eigenvalue weighted by molar-refractivity contribution is -0.119. The maximum Gasteiger partial charge on any atom is 0.338 e. The van der Waals surface area contributed by atoms with Gasteiger partial charge in [0.1, 0.15) is 12.4 Å². The molecule has 0 aliphatic carbocycles. The van der Waals surface area contributed by atoms with Crippen molar-refractivity contribution < 1.29 is 19.1 Å². The summed E-state index contributed by atoms with van der Waals surface area (Å²) in [4.78, 5) is 37.5. The van der Waals surface area contributed by atoms with Gasteiger partial charge in [-0.05, 0) is 48.9 Å². The lowest BCUT2D eigenvalue weighted by atomic mass is 10.2. The lowest BCUT2D eigenvalue weighted by Crippen LogP contribution is -2.20. The van der Waals surface area contributed by atoms with Gasteiger partial charge >= 0.3 is 11.7 Å². The Bertz CT molecular complexity index is 1050. The van der Waals surface area contributed by atoms with Gasteiger partial charge in [-0.1, -0.05) is 12.1 Å². The third-order valence-corrected chi connectivity index (χ3v) is 3.97. The zero-order valence-electron chi connectivity index (χ0n) is 15.2. The first-order valence-corrected chi connectivity index (χ1v) is 8.48. The SMILES string of the molecule is Cc1c[nH]c(=O)n1-c1ccc(C(=O)OCc2cccc(OCC(N)=O)c2)cc1. The molecular formula is C20H19N3O5.